The Kier molecular flexibility index (Phi) is 78.3. The summed E-state index contributed by atoms with van der Waals surface area (Å²) < 4.78 is 43.3. The van der Waals surface area contributed by atoms with Gasteiger partial charge < -0.3 is 0 Å². The van der Waals surface area contributed by atoms with Gasteiger partial charge in [-0.15, -0.1) is 0 Å². The Hall–Kier alpha value is -1.00. The van der Waals surface area contributed by atoms with Crippen molar-refractivity contribution in [2.75, 3.05) is 7.11 Å². The van der Waals surface area contributed by atoms with Gasteiger partial charge in [0.1, 0.15) is 0 Å². The Morgan fingerprint density at radius 3 is 1.25 bits per heavy atom. The predicted octanol–water partition coefficient (Wildman–Crippen LogP) is 1.00. The van der Waals surface area contributed by atoms with Crippen molar-refractivity contribution >= 4 is 12.2 Å². The van der Waals surface area contributed by atoms with E-state index in [1.807, 2.05) is 0 Å². The zero-order chi connectivity index (χ0) is 18.2. The molecule has 0 heterocycles. The van der Waals surface area contributed by atoms with Gasteiger partial charge in [-0.1, -0.05) is 0 Å². The molecule has 0 aliphatic carbocycles. The molecule has 0 spiro atoms. The van der Waals surface area contributed by atoms with Gasteiger partial charge in [-0.05, 0) is 0 Å². The first-order valence-electron chi connectivity index (χ1n) is 4.09. The molecule has 0 aromatic carbocycles. The maximum absolute atomic E-state index is 7.50. The third-order valence-corrected chi connectivity index (χ3v) is 2.57. The van der Waals surface area contributed by atoms with Crippen LogP contribution in [0.5, 0.6) is 0 Å². The first kappa shape index (κ1) is 36.4. The summed E-state index contributed by atoms with van der Waals surface area (Å²) in [6, 6.07) is 0. The van der Waals surface area contributed by atoms with Gasteiger partial charge in [-0.25, -0.2) is 0 Å². The van der Waals surface area contributed by atoms with E-state index in [1.54, 1.807) is 7.11 Å². The monoisotopic (exact) mass is 464 g/mol. The molecule has 6 nitrogen and oxygen atoms in total. The van der Waals surface area contributed by atoms with Crippen LogP contribution in [0.15, 0.2) is 0 Å². The molecule has 0 N–H and O–H groups in total. The summed E-state index contributed by atoms with van der Waals surface area (Å²) in [4.78, 5) is 0. The third-order valence-electron chi connectivity index (χ3n) is 0.725. The van der Waals surface area contributed by atoms with Crippen LogP contribution in [0.2, 0.25) is 19.6 Å². The topological polar surface area (TPSA) is 109 Å². The van der Waals surface area contributed by atoms with Crippen molar-refractivity contribution in [2.45, 2.75) is 19.6 Å². The van der Waals surface area contributed by atoms with Crippen molar-refractivity contribution < 1.29 is 47.4 Å². The van der Waals surface area contributed by atoms with Gasteiger partial charge in [0.05, 0.1) is 0 Å². The van der Waals surface area contributed by atoms with Crippen molar-refractivity contribution in [1.29, 1.82) is 0 Å². The first-order chi connectivity index (χ1) is 9.45. The number of hydrogen-bond acceptors (Lipinski definition) is 1. The zero-order valence-corrected chi connectivity index (χ0v) is 15.3. The number of ether oxygens (including phenoxy) is 1. The second-order valence-electron chi connectivity index (χ2n) is 2.99. The van der Waals surface area contributed by atoms with Gasteiger partial charge in [0.15, 0.2) is 0 Å². The van der Waals surface area contributed by atoms with E-state index in [9.17, 15) is 0 Å². The number of hydrogen-bond donors (Lipinski definition) is 0. The van der Waals surface area contributed by atoms with E-state index >= 15 is 0 Å². The van der Waals surface area contributed by atoms with Gasteiger partial charge in [-0.2, -0.15) is 0 Å². The van der Waals surface area contributed by atoms with Crippen LogP contribution in [0.4, 0.5) is 0 Å². The number of methoxy groups -OCH3 is 1. The minimum atomic E-state index is -1.18. The van der Waals surface area contributed by atoms with Crippen LogP contribution in [0, 0.1) is 44.7 Å². The van der Waals surface area contributed by atoms with Crippen LogP contribution in [0.25, 0.3) is 0 Å². The van der Waals surface area contributed by atoms with Gasteiger partial charge in [0, 0.05) is 0 Å². The van der Waals surface area contributed by atoms with Crippen LogP contribution in [0.1, 0.15) is 0 Å². The maximum atomic E-state index is 7.50. The molecule has 0 atom stereocenters. The quantitative estimate of drug-likeness (QED) is 0.246. The first-order valence-corrected chi connectivity index (χ1v) is 9.05. The van der Waals surface area contributed by atoms with Crippen molar-refractivity contribution in [2.24, 2.45) is 0 Å². The van der Waals surface area contributed by atoms with Crippen molar-refractivity contribution in [3.63, 3.8) is 0 Å². The average Bonchev–Trinajstić information content (AvgIpc) is 2.54. The second kappa shape index (κ2) is 43.0. The molecule has 106 valence electrons. The van der Waals surface area contributed by atoms with E-state index < -0.39 is 8.07 Å². The molecule has 0 aromatic heterocycles. The van der Waals surface area contributed by atoms with Gasteiger partial charge in [0.25, 0.3) is 0 Å². The van der Waals surface area contributed by atoms with E-state index in [0.29, 0.717) is 0 Å². The molecule has 0 radical (unpaired) electrons. The predicted molar refractivity (Wildman–Crippen MR) is 62.8 cm³/mol. The Morgan fingerprint density at radius 2 is 1.10 bits per heavy atom. The molecular formula is C12H12O6SiW. The van der Waals surface area contributed by atoms with E-state index in [1.165, 1.54) is 19.4 Å². The average molecular weight is 464 g/mol. The molecule has 0 fully saturated rings. The normalized spacial score (nSPS) is 5.50. The zero-order valence-electron chi connectivity index (χ0n) is 11.4. The molecule has 0 unspecified atom stereocenters. The third kappa shape index (κ3) is 88.9. The van der Waals surface area contributed by atoms with Gasteiger partial charge >= 0.3 is 131 Å². The van der Waals surface area contributed by atoms with Gasteiger partial charge in [-0.3, -0.25) is 0 Å². The molecule has 0 aliphatic rings. The van der Waals surface area contributed by atoms with Crippen LogP contribution in [-0.2, 0) is 47.4 Å². The summed E-state index contributed by atoms with van der Waals surface area (Å²) in [6.07, 6.45) is 0. The molecule has 0 aromatic rings. The molecule has 0 amide bonds. The second-order valence-corrected chi connectivity index (χ2v) is 9.07. The van der Waals surface area contributed by atoms with E-state index in [2.05, 4.69) is 64.4 Å². The Morgan fingerprint density at radius 1 is 0.850 bits per heavy atom. The number of rotatable bonds is 1. The van der Waals surface area contributed by atoms with E-state index in [0.717, 1.165) is 4.08 Å². The molecule has 0 saturated carbocycles. The summed E-state index contributed by atoms with van der Waals surface area (Å²) in [7, 11) is 0.483. The Labute approximate surface area is 131 Å². The molecule has 8 heteroatoms. The summed E-state index contributed by atoms with van der Waals surface area (Å²) in [5.74, 6) is 3.02. The Balaban J connectivity index is -0.0000000412. The summed E-state index contributed by atoms with van der Waals surface area (Å²) in [5, 5.41) is 0. The SMILES string of the molecule is CO[C](=[W])C#C[Si](C)(C)C.[C-]#[O+].[C-]#[O+].[C-]#[O+].[C-]#[O+].[C-]#[O+]. The van der Waals surface area contributed by atoms with Crippen LogP contribution in [-0.4, -0.2) is 19.3 Å². The Bertz CT molecular complexity index is 327. The van der Waals surface area contributed by atoms with Crippen LogP contribution >= 0.6 is 0 Å². The molecule has 0 rings (SSSR count). The molecular weight excluding hydrogens is 452 g/mol. The molecule has 0 aliphatic heterocycles. The standard InChI is InChI=1S/C7H12OSi.5CO.W/c1-8-6-5-7-9(2,3)4;5*1-2;/h1-4H3;;;;;;. The fourth-order valence-electron chi connectivity index (χ4n) is 0.290. The summed E-state index contributed by atoms with van der Waals surface area (Å²) in [6.45, 7) is 29.2. The fraction of sp³-hybridized carbons (Fsp3) is 0.333. The molecule has 0 saturated heterocycles. The van der Waals surface area contributed by atoms with E-state index in [-0.39, 0.29) is 0 Å². The molecule has 20 heavy (non-hydrogen) atoms. The van der Waals surface area contributed by atoms with Crippen molar-refractivity contribution in [1.82, 2.24) is 0 Å². The van der Waals surface area contributed by atoms with Crippen molar-refractivity contribution in [3.05, 3.63) is 33.3 Å². The van der Waals surface area contributed by atoms with Crippen LogP contribution in [0.3, 0.4) is 0 Å². The fourth-order valence-corrected chi connectivity index (χ4v) is 1.32. The van der Waals surface area contributed by atoms with Crippen molar-refractivity contribution in [3.8, 4) is 11.5 Å². The van der Waals surface area contributed by atoms with Crippen LogP contribution < -0.4 is 0 Å². The molecule has 0 bridgehead atoms. The van der Waals surface area contributed by atoms with E-state index in [4.69, 9.17) is 28.0 Å². The summed E-state index contributed by atoms with van der Waals surface area (Å²) in [5.41, 5.74) is 3.22. The summed E-state index contributed by atoms with van der Waals surface area (Å²) >= 11 is 1.31. The van der Waals surface area contributed by atoms with Gasteiger partial charge in [0.2, 0.25) is 0 Å². The minimum absolute atomic E-state index is 0.891.